The Labute approximate surface area is 114 Å². The first-order valence-corrected chi connectivity index (χ1v) is 7.54. The van der Waals surface area contributed by atoms with E-state index in [0.29, 0.717) is 5.75 Å². The summed E-state index contributed by atoms with van der Waals surface area (Å²) in [5.41, 5.74) is -0.322. The summed E-state index contributed by atoms with van der Waals surface area (Å²) in [4.78, 5) is 24.4. The Morgan fingerprint density at radius 3 is 2.33 bits per heavy atom. The van der Waals surface area contributed by atoms with E-state index in [0.717, 1.165) is 18.6 Å². The third-order valence-electron chi connectivity index (χ3n) is 2.53. The van der Waals surface area contributed by atoms with Crippen LogP contribution in [0, 0.1) is 0 Å². The van der Waals surface area contributed by atoms with Crippen LogP contribution < -0.4 is 0 Å². The van der Waals surface area contributed by atoms with Crippen LogP contribution in [-0.2, 0) is 9.59 Å². The van der Waals surface area contributed by atoms with Gasteiger partial charge in [-0.05, 0) is 32.9 Å². The highest BCUT2D eigenvalue weighted by atomic mass is 32.2. The van der Waals surface area contributed by atoms with E-state index in [4.69, 9.17) is 5.11 Å². The molecule has 0 saturated heterocycles. The molecule has 0 aliphatic heterocycles. The minimum absolute atomic E-state index is 0.00262. The third kappa shape index (κ3) is 7.58. The maximum atomic E-state index is 12.1. The summed E-state index contributed by atoms with van der Waals surface area (Å²) in [7, 11) is 0. The van der Waals surface area contributed by atoms with E-state index < -0.39 is 5.97 Å². The molecule has 18 heavy (non-hydrogen) atoms. The molecule has 0 aromatic carbocycles. The van der Waals surface area contributed by atoms with Gasteiger partial charge < -0.3 is 10.0 Å². The molecule has 1 N–H and O–H groups in total. The average molecular weight is 275 g/mol. The highest BCUT2D eigenvalue weighted by Gasteiger charge is 2.26. The highest BCUT2D eigenvalue weighted by Crippen LogP contribution is 2.16. The SMILES string of the molecule is CCCCSCC(=O)N(CCC(=O)O)C(C)(C)C. The monoisotopic (exact) mass is 275 g/mol. The summed E-state index contributed by atoms with van der Waals surface area (Å²) in [5.74, 6) is 0.594. The van der Waals surface area contributed by atoms with Crippen molar-refractivity contribution in [2.24, 2.45) is 0 Å². The molecule has 0 aliphatic carbocycles. The van der Waals surface area contributed by atoms with Gasteiger partial charge in [-0.3, -0.25) is 9.59 Å². The van der Waals surface area contributed by atoms with Crippen molar-refractivity contribution in [2.75, 3.05) is 18.1 Å². The van der Waals surface area contributed by atoms with Crippen molar-refractivity contribution in [1.29, 1.82) is 0 Å². The van der Waals surface area contributed by atoms with Gasteiger partial charge in [0.1, 0.15) is 0 Å². The molecule has 0 saturated carbocycles. The molecule has 4 nitrogen and oxygen atoms in total. The zero-order valence-corrected chi connectivity index (χ0v) is 12.7. The lowest BCUT2D eigenvalue weighted by Gasteiger charge is -2.35. The summed E-state index contributed by atoms with van der Waals surface area (Å²) in [6.45, 7) is 8.21. The number of nitrogens with zero attached hydrogens (tertiary/aromatic N) is 1. The van der Waals surface area contributed by atoms with Crippen molar-refractivity contribution in [3.05, 3.63) is 0 Å². The molecule has 106 valence electrons. The molecule has 0 spiro atoms. The molecule has 0 aromatic rings. The van der Waals surface area contributed by atoms with E-state index in [1.807, 2.05) is 20.8 Å². The molecule has 0 bridgehead atoms. The van der Waals surface area contributed by atoms with Gasteiger partial charge in [0.2, 0.25) is 5.91 Å². The molecule has 0 rings (SSSR count). The first-order chi connectivity index (χ1) is 8.29. The second-order valence-electron chi connectivity index (χ2n) is 5.27. The van der Waals surface area contributed by atoms with E-state index in [1.165, 1.54) is 0 Å². The summed E-state index contributed by atoms with van der Waals surface area (Å²) >= 11 is 1.63. The average Bonchev–Trinajstić information content (AvgIpc) is 2.22. The number of thioether (sulfide) groups is 1. The Kier molecular flexibility index (Phi) is 8.07. The number of carbonyl (C=O) groups excluding carboxylic acids is 1. The van der Waals surface area contributed by atoms with E-state index in [9.17, 15) is 9.59 Å². The topological polar surface area (TPSA) is 57.6 Å². The lowest BCUT2D eigenvalue weighted by Crippen LogP contribution is -2.47. The normalized spacial score (nSPS) is 11.3. The second-order valence-corrected chi connectivity index (χ2v) is 6.37. The zero-order valence-electron chi connectivity index (χ0n) is 11.9. The smallest absolute Gasteiger partial charge is 0.305 e. The number of hydrogen-bond donors (Lipinski definition) is 1. The van der Waals surface area contributed by atoms with E-state index >= 15 is 0 Å². The van der Waals surface area contributed by atoms with Crippen LogP contribution in [0.25, 0.3) is 0 Å². The molecule has 0 unspecified atom stereocenters. The fraction of sp³-hybridized carbons (Fsp3) is 0.846. The van der Waals surface area contributed by atoms with Crippen molar-refractivity contribution in [3.63, 3.8) is 0 Å². The Hall–Kier alpha value is -0.710. The van der Waals surface area contributed by atoms with Crippen LogP contribution in [0.3, 0.4) is 0 Å². The van der Waals surface area contributed by atoms with Gasteiger partial charge in [0, 0.05) is 12.1 Å². The standard InChI is InChI=1S/C13H25NO3S/c1-5-6-9-18-10-11(15)14(13(2,3)4)8-7-12(16)17/h5-10H2,1-4H3,(H,16,17). The molecule has 0 fully saturated rings. The Morgan fingerprint density at radius 1 is 1.28 bits per heavy atom. The van der Waals surface area contributed by atoms with Crippen molar-refractivity contribution in [3.8, 4) is 0 Å². The van der Waals surface area contributed by atoms with Crippen LogP contribution in [0.15, 0.2) is 0 Å². The number of carboxylic acids is 1. The first-order valence-electron chi connectivity index (χ1n) is 6.39. The number of aliphatic carboxylic acids is 1. The van der Waals surface area contributed by atoms with E-state index in [-0.39, 0.29) is 24.4 Å². The Morgan fingerprint density at radius 2 is 1.89 bits per heavy atom. The highest BCUT2D eigenvalue weighted by molar-refractivity contribution is 7.99. The minimum atomic E-state index is -0.865. The summed E-state index contributed by atoms with van der Waals surface area (Å²) in [5, 5.41) is 8.71. The van der Waals surface area contributed by atoms with Crippen LogP contribution in [0.1, 0.15) is 47.0 Å². The minimum Gasteiger partial charge on any atom is -0.481 e. The molecule has 0 atom stereocenters. The van der Waals surface area contributed by atoms with Gasteiger partial charge in [-0.1, -0.05) is 13.3 Å². The van der Waals surface area contributed by atoms with E-state index in [2.05, 4.69) is 6.92 Å². The maximum Gasteiger partial charge on any atom is 0.305 e. The van der Waals surface area contributed by atoms with Crippen molar-refractivity contribution in [2.45, 2.75) is 52.5 Å². The lowest BCUT2D eigenvalue weighted by molar-refractivity contribution is -0.139. The molecule has 1 amide bonds. The van der Waals surface area contributed by atoms with Crippen LogP contribution in [0.5, 0.6) is 0 Å². The Balaban J connectivity index is 4.28. The third-order valence-corrected chi connectivity index (χ3v) is 3.56. The summed E-state index contributed by atoms with van der Waals surface area (Å²) in [6.07, 6.45) is 2.24. The van der Waals surface area contributed by atoms with Crippen molar-refractivity contribution in [1.82, 2.24) is 4.90 Å². The van der Waals surface area contributed by atoms with Gasteiger partial charge in [-0.15, -0.1) is 0 Å². The van der Waals surface area contributed by atoms with Gasteiger partial charge in [0.05, 0.1) is 12.2 Å². The van der Waals surface area contributed by atoms with Crippen LogP contribution >= 0.6 is 11.8 Å². The number of unbranched alkanes of at least 4 members (excludes halogenated alkanes) is 1. The van der Waals surface area contributed by atoms with Crippen molar-refractivity contribution >= 4 is 23.6 Å². The predicted octanol–water partition coefficient (Wildman–Crippen LogP) is 2.62. The molecule has 0 radical (unpaired) electrons. The number of hydrogen-bond acceptors (Lipinski definition) is 3. The lowest BCUT2D eigenvalue weighted by atomic mass is 10.1. The largest absolute Gasteiger partial charge is 0.481 e. The first kappa shape index (κ1) is 17.3. The Bertz CT molecular complexity index is 274. The fourth-order valence-electron chi connectivity index (χ4n) is 1.53. The number of carboxylic acid groups (broad SMARTS) is 1. The van der Waals surface area contributed by atoms with Gasteiger partial charge in [-0.2, -0.15) is 11.8 Å². The van der Waals surface area contributed by atoms with Crippen LogP contribution in [0.4, 0.5) is 0 Å². The molecule has 0 aliphatic rings. The van der Waals surface area contributed by atoms with Crippen LogP contribution in [-0.4, -0.2) is 45.5 Å². The van der Waals surface area contributed by atoms with Gasteiger partial charge in [0.25, 0.3) is 0 Å². The molecular formula is C13H25NO3S. The van der Waals surface area contributed by atoms with Gasteiger partial charge >= 0.3 is 5.97 Å². The second kappa shape index (κ2) is 8.40. The molecule has 0 aromatic heterocycles. The van der Waals surface area contributed by atoms with E-state index in [1.54, 1.807) is 16.7 Å². The molecule has 0 heterocycles. The summed E-state index contributed by atoms with van der Waals surface area (Å²) < 4.78 is 0. The van der Waals surface area contributed by atoms with Crippen LogP contribution in [0.2, 0.25) is 0 Å². The molecular weight excluding hydrogens is 250 g/mol. The van der Waals surface area contributed by atoms with Gasteiger partial charge in [-0.25, -0.2) is 0 Å². The molecule has 5 heteroatoms. The van der Waals surface area contributed by atoms with Gasteiger partial charge in [0.15, 0.2) is 0 Å². The predicted molar refractivity (Wildman–Crippen MR) is 76.0 cm³/mol. The zero-order chi connectivity index (χ0) is 14.2. The fourth-order valence-corrected chi connectivity index (χ4v) is 2.49. The summed E-state index contributed by atoms with van der Waals surface area (Å²) in [6, 6.07) is 0. The number of amides is 1. The number of rotatable bonds is 8. The number of carbonyl (C=O) groups is 2. The van der Waals surface area contributed by atoms with Crippen molar-refractivity contribution < 1.29 is 14.7 Å². The quantitative estimate of drug-likeness (QED) is 0.692. The maximum absolute atomic E-state index is 12.1.